The standard InChI is InChI=1S/C35H34Cl3N3O4S/c36-30-18-10-7-13-26(30)23-40(33(21-25-11-3-1-4-12-25)35(43)39-27-14-8-9-15-27)34(42)24-41(28-19-20-31(37)32(38)22-28)46(44,45)29-16-5-2-6-17-29/h1-7,10-13,16-20,22,27,33H,8-9,14-15,21,23-24H2,(H,39,43). The fourth-order valence-electron chi connectivity index (χ4n) is 5.62. The maximum absolute atomic E-state index is 14.6. The fourth-order valence-corrected chi connectivity index (χ4v) is 7.54. The van der Waals surface area contributed by atoms with E-state index in [9.17, 15) is 18.0 Å². The van der Waals surface area contributed by atoms with Crippen molar-refractivity contribution in [1.29, 1.82) is 0 Å². The molecule has 1 aliphatic rings. The molecule has 0 aromatic heterocycles. The van der Waals surface area contributed by atoms with Crippen LogP contribution in [0.15, 0.2) is 108 Å². The lowest BCUT2D eigenvalue weighted by molar-refractivity contribution is -0.140. The first-order valence-corrected chi connectivity index (χ1v) is 17.6. The van der Waals surface area contributed by atoms with E-state index < -0.39 is 28.5 Å². The summed E-state index contributed by atoms with van der Waals surface area (Å²) in [6, 6.07) is 27.8. The Kier molecular flexibility index (Phi) is 11.3. The number of sulfonamides is 1. The number of carbonyl (C=O) groups is 2. The predicted molar refractivity (Wildman–Crippen MR) is 184 cm³/mol. The van der Waals surface area contributed by atoms with E-state index >= 15 is 0 Å². The minimum atomic E-state index is -4.26. The third-order valence-corrected chi connectivity index (χ3v) is 11.0. The van der Waals surface area contributed by atoms with Crippen molar-refractivity contribution in [3.8, 4) is 0 Å². The van der Waals surface area contributed by atoms with Crippen molar-refractivity contribution in [3.63, 3.8) is 0 Å². The number of hydrogen-bond acceptors (Lipinski definition) is 4. The van der Waals surface area contributed by atoms with Gasteiger partial charge in [-0.2, -0.15) is 0 Å². The molecule has 1 N–H and O–H groups in total. The molecule has 0 spiro atoms. The molecule has 1 atom stereocenters. The van der Waals surface area contributed by atoms with E-state index in [1.807, 2.05) is 30.3 Å². The van der Waals surface area contributed by atoms with Crippen molar-refractivity contribution < 1.29 is 18.0 Å². The van der Waals surface area contributed by atoms with Crippen molar-refractivity contribution >= 4 is 62.3 Å². The van der Waals surface area contributed by atoms with E-state index in [-0.39, 0.29) is 45.5 Å². The number of rotatable bonds is 12. The van der Waals surface area contributed by atoms with E-state index in [1.54, 1.807) is 42.5 Å². The molecule has 46 heavy (non-hydrogen) atoms. The number of amides is 2. The van der Waals surface area contributed by atoms with E-state index in [0.717, 1.165) is 35.6 Å². The number of nitrogens with zero attached hydrogens (tertiary/aromatic N) is 2. The number of benzene rings is 4. The Labute approximate surface area is 285 Å². The quantitative estimate of drug-likeness (QED) is 0.166. The summed E-state index contributed by atoms with van der Waals surface area (Å²) in [5.74, 6) is -0.892. The van der Waals surface area contributed by atoms with Gasteiger partial charge >= 0.3 is 0 Å². The van der Waals surface area contributed by atoms with Crippen molar-refractivity contribution in [2.75, 3.05) is 10.8 Å². The largest absolute Gasteiger partial charge is 0.352 e. The molecule has 0 radical (unpaired) electrons. The van der Waals surface area contributed by atoms with Crippen LogP contribution in [0.4, 0.5) is 5.69 Å². The fraction of sp³-hybridized carbons (Fsp3) is 0.257. The molecule has 11 heteroatoms. The van der Waals surface area contributed by atoms with E-state index in [1.165, 1.54) is 35.2 Å². The zero-order valence-electron chi connectivity index (χ0n) is 25.0. The van der Waals surface area contributed by atoms with Gasteiger partial charge < -0.3 is 10.2 Å². The summed E-state index contributed by atoms with van der Waals surface area (Å²) in [4.78, 5) is 30.1. The first kappa shape index (κ1) is 33.8. The van der Waals surface area contributed by atoms with Crippen molar-refractivity contribution in [2.24, 2.45) is 0 Å². The minimum absolute atomic E-state index is 0.00802. The van der Waals surface area contributed by atoms with Crippen LogP contribution in [0.1, 0.15) is 36.8 Å². The number of anilines is 1. The molecule has 1 saturated carbocycles. The maximum atomic E-state index is 14.6. The third kappa shape index (κ3) is 8.23. The Morgan fingerprint density at radius 3 is 2.07 bits per heavy atom. The Morgan fingerprint density at radius 1 is 0.783 bits per heavy atom. The van der Waals surface area contributed by atoms with Crippen molar-refractivity contribution in [2.45, 2.75) is 55.6 Å². The smallest absolute Gasteiger partial charge is 0.264 e. The Balaban J connectivity index is 1.58. The summed E-state index contributed by atoms with van der Waals surface area (Å²) >= 11 is 19.1. The predicted octanol–water partition coefficient (Wildman–Crippen LogP) is 7.54. The molecular formula is C35H34Cl3N3O4S. The van der Waals surface area contributed by atoms with Gasteiger partial charge in [-0.25, -0.2) is 8.42 Å². The van der Waals surface area contributed by atoms with Crippen LogP contribution in [0.25, 0.3) is 0 Å². The highest BCUT2D eigenvalue weighted by Gasteiger charge is 2.36. The summed E-state index contributed by atoms with van der Waals surface area (Å²) in [6.45, 7) is -0.629. The van der Waals surface area contributed by atoms with Gasteiger partial charge in [0.2, 0.25) is 11.8 Å². The molecule has 2 amide bonds. The average Bonchev–Trinajstić information content (AvgIpc) is 3.57. The summed E-state index contributed by atoms with van der Waals surface area (Å²) < 4.78 is 29.2. The lowest BCUT2D eigenvalue weighted by atomic mass is 10.0. The van der Waals surface area contributed by atoms with Gasteiger partial charge in [0.1, 0.15) is 12.6 Å². The summed E-state index contributed by atoms with van der Waals surface area (Å²) in [7, 11) is -4.26. The van der Waals surface area contributed by atoms with E-state index in [0.29, 0.717) is 10.6 Å². The molecular weight excluding hydrogens is 665 g/mol. The van der Waals surface area contributed by atoms with Crippen LogP contribution >= 0.6 is 34.8 Å². The van der Waals surface area contributed by atoms with Gasteiger partial charge in [-0.15, -0.1) is 0 Å². The van der Waals surface area contributed by atoms with Gasteiger partial charge in [-0.3, -0.25) is 13.9 Å². The third-order valence-electron chi connectivity index (χ3n) is 8.07. The number of hydrogen-bond donors (Lipinski definition) is 1. The molecule has 5 rings (SSSR count). The van der Waals surface area contributed by atoms with Crippen molar-refractivity contribution in [3.05, 3.63) is 129 Å². The second-order valence-corrected chi connectivity index (χ2v) is 14.3. The van der Waals surface area contributed by atoms with Crippen molar-refractivity contribution in [1.82, 2.24) is 10.2 Å². The average molecular weight is 699 g/mol. The van der Waals surface area contributed by atoms with Crippen LogP contribution in [0, 0.1) is 0 Å². The van der Waals surface area contributed by atoms with Crippen LogP contribution in [0.2, 0.25) is 15.1 Å². The number of halogens is 3. The monoisotopic (exact) mass is 697 g/mol. The van der Waals surface area contributed by atoms with Crippen LogP contribution in [0.3, 0.4) is 0 Å². The van der Waals surface area contributed by atoms with Crippen LogP contribution < -0.4 is 9.62 Å². The van der Waals surface area contributed by atoms with Gasteiger partial charge in [0, 0.05) is 24.0 Å². The molecule has 1 aliphatic carbocycles. The molecule has 4 aromatic carbocycles. The highest BCUT2D eigenvalue weighted by atomic mass is 35.5. The maximum Gasteiger partial charge on any atom is 0.264 e. The molecule has 7 nitrogen and oxygen atoms in total. The molecule has 0 bridgehead atoms. The number of carbonyl (C=O) groups excluding carboxylic acids is 2. The van der Waals surface area contributed by atoms with Crippen LogP contribution in [-0.2, 0) is 32.6 Å². The first-order chi connectivity index (χ1) is 22.1. The Morgan fingerprint density at radius 2 is 1.41 bits per heavy atom. The second-order valence-electron chi connectivity index (χ2n) is 11.2. The molecule has 1 unspecified atom stereocenters. The van der Waals surface area contributed by atoms with Gasteiger partial charge in [0.15, 0.2) is 0 Å². The Bertz CT molecular complexity index is 1770. The van der Waals surface area contributed by atoms with Crippen LogP contribution in [-0.4, -0.2) is 43.8 Å². The Hall–Kier alpha value is -3.56. The molecule has 0 saturated heterocycles. The highest BCUT2D eigenvalue weighted by molar-refractivity contribution is 7.92. The summed E-state index contributed by atoms with van der Waals surface area (Å²) in [6.07, 6.45) is 3.98. The summed E-state index contributed by atoms with van der Waals surface area (Å²) in [5.41, 5.74) is 1.62. The lowest BCUT2D eigenvalue weighted by Gasteiger charge is -2.34. The first-order valence-electron chi connectivity index (χ1n) is 15.0. The zero-order chi connectivity index (χ0) is 32.7. The molecule has 0 heterocycles. The molecule has 1 fully saturated rings. The topological polar surface area (TPSA) is 86.8 Å². The SMILES string of the molecule is O=C(NC1CCCC1)C(Cc1ccccc1)N(Cc1ccccc1Cl)C(=O)CN(c1ccc(Cl)c(Cl)c1)S(=O)(=O)c1ccccc1. The highest BCUT2D eigenvalue weighted by Crippen LogP contribution is 2.31. The van der Waals surface area contributed by atoms with E-state index in [4.69, 9.17) is 34.8 Å². The molecule has 240 valence electrons. The lowest BCUT2D eigenvalue weighted by Crippen LogP contribution is -2.54. The van der Waals surface area contributed by atoms with Gasteiger partial charge in [-0.05, 0) is 60.4 Å². The summed E-state index contributed by atoms with van der Waals surface area (Å²) in [5, 5.41) is 3.95. The van der Waals surface area contributed by atoms with Gasteiger partial charge in [-0.1, -0.05) is 114 Å². The molecule has 4 aromatic rings. The zero-order valence-corrected chi connectivity index (χ0v) is 28.1. The van der Waals surface area contributed by atoms with Gasteiger partial charge in [0.25, 0.3) is 10.0 Å². The minimum Gasteiger partial charge on any atom is -0.352 e. The number of nitrogens with one attached hydrogen (secondary N) is 1. The molecule has 0 aliphatic heterocycles. The second kappa shape index (κ2) is 15.4. The van der Waals surface area contributed by atoms with Crippen LogP contribution in [0.5, 0.6) is 0 Å². The van der Waals surface area contributed by atoms with Gasteiger partial charge in [0.05, 0.1) is 20.6 Å². The normalized spacial score (nSPS) is 14.1. The van der Waals surface area contributed by atoms with E-state index in [2.05, 4.69) is 5.32 Å².